The zero-order valence-electron chi connectivity index (χ0n) is 11.2. The number of rotatable bonds is 3. The fraction of sp³-hybridized carbons (Fsp3) is 0.353. The minimum atomic E-state index is -0.972. The van der Waals surface area contributed by atoms with Gasteiger partial charge in [-0.25, -0.2) is 0 Å². The SMILES string of the molecule is CC(O)(c1cccnc1)c1ccccc1C1CCC1. The molecule has 2 nitrogen and oxygen atoms in total. The van der Waals surface area contributed by atoms with Crippen LogP contribution in [0.3, 0.4) is 0 Å². The average Bonchev–Trinajstić information content (AvgIpc) is 2.38. The van der Waals surface area contributed by atoms with Crippen LogP contribution in [0.15, 0.2) is 48.8 Å². The van der Waals surface area contributed by atoms with Crippen molar-refractivity contribution in [2.24, 2.45) is 0 Å². The lowest BCUT2D eigenvalue weighted by atomic mass is 9.74. The Balaban J connectivity index is 2.06. The molecular weight excluding hydrogens is 234 g/mol. The topological polar surface area (TPSA) is 33.1 Å². The Kier molecular flexibility index (Phi) is 3.11. The van der Waals surface area contributed by atoms with E-state index in [2.05, 4.69) is 17.1 Å². The molecule has 1 saturated carbocycles. The molecule has 1 unspecified atom stereocenters. The quantitative estimate of drug-likeness (QED) is 0.906. The molecule has 3 rings (SSSR count). The van der Waals surface area contributed by atoms with Crippen LogP contribution in [0.4, 0.5) is 0 Å². The number of hydrogen-bond donors (Lipinski definition) is 1. The van der Waals surface area contributed by atoms with Gasteiger partial charge in [0.1, 0.15) is 5.60 Å². The standard InChI is InChI=1S/C17H19NO/c1-17(19,14-8-5-11-18-12-14)16-10-3-2-9-15(16)13-6-4-7-13/h2-3,5,8-13,19H,4,6-7H2,1H3. The van der Waals surface area contributed by atoms with Crippen LogP contribution in [0, 0.1) is 0 Å². The van der Waals surface area contributed by atoms with Gasteiger partial charge in [0.2, 0.25) is 0 Å². The summed E-state index contributed by atoms with van der Waals surface area (Å²) in [5.41, 5.74) is 2.19. The first-order valence-electron chi connectivity index (χ1n) is 6.92. The van der Waals surface area contributed by atoms with Crippen molar-refractivity contribution in [2.75, 3.05) is 0 Å². The number of hydrogen-bond acceptors (Lipinski definition) is 2. The van der Waals surface area contributed by atoms with E-state index < -0.39 is 5.60 Å². The van der Waals surface area contributed by atoms with Gasteiger partial charge >= 0.3 is 0 Å². The minimum absolute atomic E-state index is 0.611. The number of pyridine rings is 1. The first kappa shape index (κ1) is 12.4. The van der Waals surface area contributed by atoms with Gasteiger partial charge in [-0.3, -0.25) is 4.98 Å². The highest BCUT2D eigenvalue weighted by Crippen LogP contribution is 2.42. The molecule has 0 aliphatic heterocycles. The third-order valence-electron chi connectivity index (χ3n) is 4.25. The normalized spacial score (nSPS) is 18.6. The van der Waals surface area contributed by atoms with Crippen molar-refractivity contribution >= 4 is 0 Å². The second-order valence-corrected chi connectivity index (χ2v) is 5.53. The van der Waals surface area contributed by atoms with Crippen LogP contribution in [0.5, 0.6) is 0 Å². The second-order valence-electron chi connectivity index (χ2n) is 5.53. The molecule has 0 amide bonds. The summed E-state index contributed by atoms with van der Waals surface area (Å²) in [6, 6.07) is 12.1. The summed E-state index contributed by atoms with van der Waals surface area (Å²) >= 11 is 0. The van der Waals surface area contributed by atoms with Gasteiger partial charge in [-0.05, 0) is 42.9 Å². The van der Waals surface area contributed by atoms with Crippen molar-refractivity contribution in [3.05, 3.63) is 65.5 Å². The van der Waals surface area contributed by atoms with Crippen LogP contribution < -0.4 is 0 Å². The van der Waals surface area contributed by atoms with Crippen molar-refractivity contribution in [1.29, 1.82) is 0 Å². The molecule has 1 atom stereocenters. The summed E-state index contributed by atoms with van der Waals surface area (Å²) in [7, 11) is 0. The maximum Gasteiger partial charge on any atom is 0.114 e. The van der Waals surface area contributed by atoms with Crippen LogP contribution in [-0.4, -0.2) is 10.1 Å². The predicted molar refractivity (Wildman–Crippen MR) is 75.9 cm³/mol. The highest BCUT2D eigenvalue weighted by Gasteiger charge is 2.32. The van der Waals surface area contributed by atoms with E-state index >= 15 is 0 Å². The van der Waals surface area contributed by atoms with Gasteiger partial charge in [0.25, 0.3) is 0 Å². The fourth-order valence-corrected chi connectivity index (χ4v) is 2.82. The Morgan fingerprint density at radius 3 is 2.58 bits per heavy atom. The molecule has 1 aliphatic carbocycles. The van der Waals surface area contributed by atoms with Crippen LogP contribution in [0.2, 0.25) is 0 Å². The number of nitrogens with zero attached hydrogens (tertiary/aromatic N) is 1. The van der Waals surface area contributed by atoms with Gasteiger partial charge in [-0.2, -0.15) is 0 Å². The van der Waals surface area contributed by atoms with Crippen molar-refractivity contribution in [1.82, 2.24) is 4.98 Å². The maximum atomic E-state index is 11.0. The van der Waals surface area contributed by atoms with E-state index in [0.29, 0.717) is 5.92 Å². The molecule has 1 aromatic carbocycles. The van der Waals surface area contributed by atoms with Crippen molar-refractivity contribution < 1.29 is 5.11 Å². The van der Waals surface area contributed by atoms with Crippen molar-refractivity contribution in [3.63, 3.8) is 0 Å². The van der Waals surface area contributed by atoms with E-state index in [9.17, 15) is 5.11 Å². The molecule has 0 spiro atoms. The first-order valence-corrected chi connectivity index (χ1v) is 6.92. The van der Waals surface area contributed by atoms with Crippen LogP contribution in [0.25, 0.3) is 0 Å². The van der Waals surface area contributed by atoms with Gasteiger partial charge in [0, 0.05) is 18.0 Å². The molecule has 1 fully saturated rings. The number of benzene rings is 1. The molecular formula is C17H19NO. The summed E-state index contributed by atoms with van der Waals surface area (Å²) in [6.07, 6.45) is 7.25. The monoisotopic (exact) mass is 253 g/mol. The molecule has 19 heavy (non-hydrogen) atoms. The summed E-state index contributed by atoms with van der Waals surface area (Å²) in [5, 5.41) is 11.0. The molecule has 1 aromatic heterocycles. The van der Waals surface area contributed by atoms with E-state index in [1.54, 1.807) is 12.4 Å². The Labute approximate surface area is 114 Å². The second kappa shape index (κ2) is 4.78. The van der Waals surface area contributed by atoms with Gasteiger partial charge in [-0.15, -0.1) is 0 Å². The molecule has 0 bridgehead atoms. The van der Waals surface area contributed by atoms with E-state index in [1.165, 1.54) is 24.8 Å². The lowest BCUT2D eigenvalue weighted by molar-refractivity contribution is 0.0997. The first-order chi connectivity index (χ1) is 9.19. The lowest BCUT2D eigenvalue weighted by Crippen LogP contribution is -2.26. The molecule has 2 heteroatoms. The Bertz CT molecular complexity index is 558. The molecule has 0 radical (unpaired) electrons. The van der Waals surface area contributed by atoms with Gasteiger partial charge < -0.3 is 5.11 Å². The largest absolute Gasteiger partial charge is 0.381 e. The van der Waals surface area contributed by atoms with Crippen LogP contribution in [-0.2, 0) is 5.60 Å². The smallest absolute Gasteiger partial charge is 0.114 e. The average molecular weight is 253 g/mol. The summed E-state index contributed by atoms with van der Waals surface area (Å²) in [6.45, 7) is 1.86. The highest BCUT2D eigenvalue weighted by atomic mass is 16.3. The Morgan fingerprint density at radius 1 is 1.16 bits per heavy atom. The van der Waals surface area contributed by atoms with E-state index in [4.69, 9.17) is 0 Å². The summed E-state index contributed by atoms with van der Waals surface area (Å²) < 4.78 is 0. The van der Waals surface area contributed by atoms with Gasteiger partial charge in [-0.1, -0.05) is 36.8 Å². The van der Waals surface area contributed by atoms with Gasteiger partial charge in [0.15, 0.2) is 0 Å². The molecule has 0 saturated heterocycles. The zero-order valence-corrected chi connectivity index (χ0v) is 11.2. The number of aromatic nitrogens is 1. The lowest BCUT2D eigenvalue weighted by Gasteiger charge is -2.33. The fourth-order valence-electron chi connectivity index (χ4n) is 2.82. The molecule has 1 heterocycles. The van der Waals surface area contributed by atoms with Gasteiger partial charge in [0.05, 0.1) is 0 Å². The summed E-state index contributed by atoms with van der Waals surface area (Å²) in [4.78, 5) is 4.13. The van der Waals surface area contributed by atoms with Crippen LogP contribution in [0.1, 0.15) is 48.8 Å². The Hall–Kier alpha value is -1.67. The van der Waals surface area contributed by atoms with Crippen molar-refractivity contribution in [3.8, 4) is 0 Å². The summed E-state index contributed by atoms with van der Waals surface area (Å²) in [5.74, 6) is 0.611. The third-order valence-corrected chi connectivity index (χ3v) is 4.25. The van der Waals surface area contributed by atoms with E-state index in [0.717, 1.165) is 11.1 Å². The predicted octanol–water partition coefficient (Wildman–Crippen LogP) is 3.60. The molecule has 1 N–H and O–H groups in total. The molecule has 1 aliphatic rings. The highest BCUT2D eigenvalue weighted by molar-refractivity contribution is 5.41. The third kappa shape index (κ3) is 2.17. The Morgan fingerprint density at radius 2 is 1.95 bits per heavy atom. The number of aliphatic hydroxyl groups is 1. The zero-order chi connectivity index (χ0) is 13.3. The van der Waals surface area contributed by atoms with E-state index in [-0.39, 0.29) is 0 Å². The molecule has 98 valence electrons. The van der Waals surface area contributed by atoms with Crippen LogP contribution >= 0.6 is 0 Å². The minimum Gasteiger partial charge on any atom is -0.381 e. The molecule has 2 aromatic rings. The van der Waals surface area contributed by atoms with Crippen molar-refractivity contribution in [2.45, 2.75) is 37.7 Å². The maximum absolute atomic E-state index is 11.0. The van der Waals surface area contributed by atoms with E-state index in [1.807, 2.05) is 31.2 Å².